The molecule has 4 aliphatic rings. The number of carbonyl (C=O) groups excluding carboxylic acids is 5. The summed E-state index contributed by atoms with van der Waals surface area (Å²) in [5, 5.41) is 25.9. The lowest BCUT2D eigenvalue weighted by Crippen LogP contribution is -2.68. The molecule has 4 aliphatic carbocycles. The van der Waals surface area contributed by atoms with E-state index >= 15 is 0 Å². The van der Waals surface area contributed by atoms with Gasteiger partial charge in [0.05, 0.1) is 18.6 Å². The van der Waals surface area contributed by atoms with Gasteiger partial charge in [0.25, 0.3) is 0 Å². The van der Waals surface area contributed by atoms with Gasteiger partial charge in [0.15, 0.2) is 34.7 Å². The van der Waals surface area contributed by atoms with E-state index < -0.39 is 58.3 Å². The fraction of sp³-hybridized carbons (Fsp3) is 0.485. The first kappa shape index (κ1) is 29.2. The number of benzene rings is 2. The molecule has 0 radical (unpaired) electrons. The van der Waals surface area contributed by atoms with Gasteiger partial charge in [-0.05, 0) is 66.5 Å². The van der Waals surface area contributed by atoms with E-state index in [1.165, 1.54) is 25.3 Å². The summed E-state index contributed by atoms with van der Waals surface area (Å²) in [6.07, 6.45) is 5.86. The van der Waals surface area contributed by atoms with Crippen molar-refractivity contribution in [1.29, 1.82) is 0 Å². The van der Waals surface area contributed by atoms with Gasteiger partial charge in [0.1, 0.15) is 11.5 Å². The van der Waals surface area contributed by atoms with E-state index in [1.807, 2.05) is 18.2 Å². The quantitative estimate of drug-likeness (QED) is 0.370. The van der Waals surface area contributed by atoms with Crippen molar-refractivity contribution in [3.63, 3.8) is 0 Å². The monoisotopic (exact) mass is 588 g/mol. The van der Waals surface area contributed by atoms with Crippen LogP contribution in [0.25, 0.3) is 11.1 Å². The van der Waals surface area contributed by atoms with Crippen LogP contribution in [0.15, 0.2) is 30.3 Å². The topological polar surface area (TPSA) is 173 Å². The minimum atomic E-state index is -2.67. The number of aliphatic hydroxyl groups is 1. The zero-order valence-electron chi connectivity index (χ0n) is 24.1. The Labute approximate surface area is 249 Å². The van der Waals surface area contributed by atoms with Crippen LogP contribution in [0.1, 0.15) is 66.4 Å². The number of amides is 1. The molecular weight excluding hydrogens is 552 g/mol. The minimum Gasteiger partial charge on any atom is -0.507 e. The number of methoxy groups -OCH3 is 1. The Bertz CT molecular complexity index is 1540. The van der Waals surface area contributed by atoms with Crippen LogP contribution in [-0.4, -0.2) is 58.0 Å². The van der Waals surface area contributed by atoms with Crippen molar-refractivity contribution >= 4 is 29.0 Å². The first-order valence-corrected chi connectivity index (χ1v) is 15.0. The van der Waals surface area contributed by atoms with Crippen LogP contribution in [-0.2, 0) is 32.1 Å². The van der Waals surface area contributed by atoms with E-state index in [-0.39, 0.29) is 30.6 Å². The molecule has 43 heavy (non-hydrogen) atoms. The number of ketones is 4. The molecule has 6 rings (SSSR count). The summed E-state index contributed by atoms with van der Waals surface area (Å²) in [5.74, 6) is -9.71. The summed E-state index contributed by atoms with van der Waals surface area (Å²) < 4.78 is 5.69. The van der Waals surface area contributed by atoms with Crippen molar-refractivity contribution < 1.29 is 38.9 Å². The molecule has 0 heterocycles. The molecule has 2 unspecified atom stereocenters. The van der Waals surface area contributed by atoms with E-state index in [0.29, 0.717) is 29.5 Å². The zero-order valence-corrected chi connectivity index (χ0v) is 24.1. The number of Topliss-reactive ketones (excluding diaryl/α,β-unsaturated/α-hetero) is 4. The molecule has 2 aromatic carbocycles. The Balaban J connectivity index is 1.37. The molecule has 10 nitrogen and oxygen atoms in total. The Morgan fingerprint density at radius 1 is 1.02 bits per heavy atom. The number of primary amides is 1. The fourth-order valence-electron chi connectivity index (χ4n) is 7.86. The molecule has 5 N–H and O–H groups in total. The van der Waals surface area contributed by atoms with E-state index in [4.69, 9.17) is 10.5 Å². The number of phenolic OH excluding ortho intramolecular Hbond substituents is 1. The standard InChI is InChI=1S/C33H36N2O8/c1-43-25-10-7-16(15-35-19-5-3-2-4-6-19)11-21(25)20-8-9-23(36)27-22(20)13-17-12-18-14-24(37)28(32(34)41)31(40)33(18,42)30(39)26(17)29(27)38/h7-11,17-19,26,28,35-36,42H,2-6,12-15H2,1H3,(H2,34,41)/t17-,18+,26?,28?,33+/m1/s1. The van der Waals surface area contributed by atoms with Crippen LogP contribution in [0, 0.1) is 23.7 Å². The van der Waals surface area contributed by atoms with Gasteiger partial charge < -0.3 is 26.0 Å². The van der Waals surface area contributed by atoms with Crippen LogP contribution >= 0.6 is 0 Å². The second kappa shape index (κ2) is 11.0. The zero-order chi connectivity index (χ0) is 30.6. The highest BCUT2D eigenvalue weighted by molar-refractivity contribution is 6.31. The number of nitrogens with two attached hydrogens (primary N) is 1. The molecule has 2 aromatic rings. The highest BCUT2D eigenvalue weighted by Crippen LogP contribution is 2.51. The van der Waals surface area contributed by atoms with Crippen molar-refractivity contribution in [2.24, 2.45) is 29.4 Å². The lowest BCUT2D eigenvalue weighted by molar-refractivity contribution is -0.175. The Morgan fingerprint density at radius 3 is 2.47 bits per heavy atom. The first-order chi connectivity index (χ1) is 20.6. The number of nitrogens with one attached hydrogen (secondary N) is 1. The number of phenols is 1. The molecular formula is C33H36N2O8. The van der Waals surface area contributed by atoms with Gasteiger partial charge in [-0.25, -0.2) is 0 Å². The SMILES string of the molecule is COc1ccc(CNC2CCCCC2)cc1-c1ccc(O)c2c1C[C@H]1C[C@H]3CC(=O)C(C(N)=O)C(=O)[C@@]3(O)C(=O)C1C2=O. The lowest BCUT2D eigenvalue weighted by Gasteiger charge is -2.48. The van der Waals surface area contributed by atoms with E-state index in [9.17, 15) is 34.2 Å². The first-order valence-electron chi connectivity index (χ1n) is 15.0. The van der Waals surface area contributed by atoms with Gasteiger partial charge in [-0.2, -0.15) is 0 Å². The second-order valence-electron chi connectivity index (χ2n) is 12.5. The third-order valence-electron chi connectivity index (χ3n) is 10.0. The third kappa shape index (κ3) is 4.67. The fourth-order valence-corrected chi connectivity index (χ4v) is 7.86. The van der Waals surface area contributed by atoms with Crippen LogP contribution in [0.3, 0.4) is 0 Å². The number of rotatable bonds is 6. The van der Waals surface area contributed by atoms with Gasteiger partial charge in [-0.3, -0.25) is 24.0 Å². The number of aromatic hydroxyl groups is 1. The molecule has 3 fully saturated rings. The molecule has 5 atom stereocenters. The highest BCUT2D eigenvalue weighted by atomic mass is 16.5. The molecule has 0 saturated heterocycles. The van der Waals surface area contributed by atoms with Crippen LogP contribution in [0.4, 0.5) is 0 Å². The number of hydrogen-bond donors (Lipinski definition) is 4. The normalized spacial score (nSPS) is 29.1. The molecule has 0 spiro atoms. The predicted molar refractivity (Wildman–Crippen MR) is 154 cm³/mol. The summed E-state index contributed by atoms with van der Waals surface area (Å²) >= 11 is 0. The summed E-state index contributed by atoms with van der Waals surface area (Å²) in [4.78, 5) is 65.4. The van der Waals surface area contributed by atoms with E-state index in [1.54, 1.807) is 13.2 Å². The summed E-state index contributed by atoms with van der Waals surface area (Å²) in [5.41, 5.74) is 5.55. The second-order valence-corrected chi connectivity index (χ2v) is 12.5. The lowest BCUT2D eigenvalue weighted by atomic mass is 9.53. The molecule has 0 aromatic heterocycles. The average molecular weight is 589 g/mol. The number of fused-ring (bicyclic) bond motifs is 3. The van der Waals surface area contributed by atoms with Crippen molar-refractivity contribution in [2.75, 3.05) is 7.11 Å². The van der Waals surface area contributed by atoms with Crippen LogP contribution in [0.2, 0.25) is 0 Å². The van der Waals surface area contributed by atoms with Crippen molar-refractivity contribution in [3.05, 3.63) is 47.0 Å². The highest BCUT2D eigenvalue weighted by Gasteiger charge is 2.66. The van der Waals surface area contributed by atoms with E-state index in [2.05, 4.69) is 5.32 Å². The maximum Gasteiger partial charge on any atom is 0.235 e. The van der Waals surface area contributed by atoms with Gasteiger partial charge in [-0.15, -0.1) is 0 Å². The Hall–Kier alpha value is -3.89. The molecule has 0 aliphatic heterocycles. The van der Waals surface area contributed by atoms with Crippen LogP contribution < -0.4 is 15.8 Å². The van der Waals surface area contributed by atoms with Gasteiger partial charge >= 0.3 is 0 Å². The number of ether oxygens (including phenoxy) is 1. The van der Waals surface area contributed by atoms with Crippen molar-refractivity contribution in [2.45, 2.75) is 69.6 Å². The van der Waals surface area contributed by atoms with Crippen molar-refractivity contribution in [1.82, 2.24) is 5.32 Å². The average Bonchev–Trinajstić information content (AvgIpc) is 2.98. The summed E-state index contributed by atoms with van der Waals surface area (Å²) in [6.45, 7) is 0.661. The molecule has 10 heteroatoms. The van der Waals surface area contributed by atoms with Gasteiger partial charge in [-0.1, -0.05) is 31.4 Å². The van der Waals surface area contributed by atoms with Crippen molar-refractivity contribution in [3.8, 4) is 22.6 Å². The third-order valence-corrected chi connectivity index (χ3v) is 10.0. The Morgan fingerprint density at radius 2 is 1.77 bits per heavy atom. The van der Waals surface area contributed by atoms with E-state index in [0.717, 1.165) is 24.0 Å². The van der Waals surface area contributed by atoms with Gasteiger partial charge in [0.2, 0.25) is 5.91 Å². The predicted octanol–water partition coefficient (Wildman–Crippen LogP) is 2.42. The summed E-state index contributed by atoms with van der Waals surface area (Å²) in [6, 6.07) is 9.46. The largest absolute Gasteiger partial charge is 0.507 e. The summed E-state index contributed by atoms with van der Waals surface area (Å²) in [7, 11) is 1.56. The van der Waals surface area contributed by atoms with Crippen LogP contribution in [0.5, 0.6) is 11.5 Å². The molecule has 3 saturated carbocycles. The number of carbonyl (C=O) groups is 5. The molecule has 1 amide bonds. The van der Waals surface area contributed by atoms with Gasteiger partial charge in [0, 0.05) is 30.5 Å². The maximum atomic E-state index is 14.0. The minimum absolute atomic E-state index is 0.0345. The molecule has 226 valence electrons. The smallest absolute Gasteiger partial charge is 0.235 e. The molecule has 0 bridgehead atoms. The number of hydrogen-bond acceptors (Lipinski definition) is 9. The maximum absolute atomic E-state index is 14.0. The Kier molecular flexibility index (Phi) is 7.46.